The van der Waals surface area contributed by atoms with Crippen molar-refractivity contribution in [1.82, 2.24) is 9.80 Å². The number of anilines is 1. The second-order valence-electron chi connectivity index (χ2n) is 8.01. The van der Waals surface area contributed by atoms with Crippen molar-refractivity contribution in [3.05, 3.63) is 59.1 Å². The fourth-order valence-corrected chi connectivity index (χ4v) is 4.55. The van der Waals surface area contributed by atoms with Gasteiger partial charge in [-0.05, 0) is 36.6 Å². The van der Waals surface area contributed by atoms with E-state index >= 15 is 0 Å². The highest BCUT2D eigenvalue weighted by atomic mass is 35.5. The molecule has 0 unspecified atom stereocenters. The molecular formula is C24H28ClN3O4. The van der Waals surface area contributed by atoms with E-state index in [1.165, 1.54) is 0 Å². The van der Waals surface area contributed by atoms with Crippen LogP contribution in [0.1, 0.15) is 24.4 Å². The van der Waals surface area contributed by atoms with E-state index in [-0.39, 0.29) is 17.9 Å². The van der Waals surface area contributed by atoms with Crippen LogP contribution in [0.25, 0.3) is 0 Å². The van der Waals surface area contributed by atoms with Gasteiger partial charge in [0.1, 0.15) is 17.9 Å². The molecule has 4 rings (SSSR count). The maximum Gasteiger partial charge on any atom is 0.251 e. The summed E-state index contributed by atoms with van der Waals surface area (Å²) in [5.74, 6) is 0.475. The van der Waals surface area contributed by atoms with Crippen molar-refractivity contribution >= 4 is 29.1 Å². The fraction of sp³-hybridized carbons (Fsp3) is 0.417. The first kappa shape index (κ1) is 22.6. The average Bonchev–Trinajstić information content (AvgIpc) is 3.35. The molecule has 2 fully saturated rings. The number of rotatable bonds is 6. The van der Waals surface area contributed by atoms with Gasteiger partial charge >= 0.3 is 0 Å². The van der Waals surface area contributed by atoms with Gasteiger partial charge < -0.3 is 19.7 Å². The van der Waals surface area contributed by atoms with Crippen LogP contribution in [-0.4, -0.2) is 67.6 Å². The maximum absolute atomic E-state index is 13.4. The lowest BCUT2D eigenvalue weighted by Gasteiger charge is -2.39. The van der Waals surface area contributed by atoms with Crippen LogP contribution in [0.5, 0.6) is 5.75 Å². The number of hydrogen-bond donors (Lipinski definition) is 1. The summed E-state index contributed by atoms with van der Waals surface area (Å²) in [6.45, 7) is 3.01. The van der Waals surface area contributed by atoms with Gasteiger partial charge in [-0.1, -0.05) is 41.9 Å². The molecule has 0 aromatic heterocycles. The molecule has 7 nitrogen and oxygen atoms in total. The van der Waals surface area contributed by atoms with Gasteiger partial charge in [-0.25, -0.2) is 0 Å². The Hall–Kier alpha value is -2.61. The number of nitrogens with one attached hydrogen (secondary N) is 1. The van der Waals surface area contributed by atoms with Gasteiger partial charge in [0.05, 0.1) is 12.1 Å². The van der Waals surface area contributed by atoms with Crippen LogP contribution in [0, 0.1) is 0 Å². The van der Waals surface area contributed by atoms with Crippen molar-refractivity contribution in [2.45, 2.75) is 25.0 Å². The van der Waals surface area contributed by atoms with Crippen molar-refractivity contribution < 1.29 is 19.1 Å². The molecule has 2 atom stereocenters. The first-order valence-corrected chi connectivity index (χ1v) is 11.3. The van der Waals surface area contributed by atoms with E-state index in [9.17, 15) is 9.59 Å². The highest BCUT2D eigenvalue weighted by Crippen LogP contribution is 2.29. The van der Waals surface area contributed by atoms with Crippen LogP contribution in [0.3, 0.4) is 0 Å². The number of hydrogen-bond acceptors (Lipinski definition) is 5. The van der Waals surface area contributed by atoms with Crippen molar-refractivity contribution in [1.29, 1.82) is 0 Å². The van der Waals surface area contributed by atoms with Crippen LogP contribution in [0.15, 0.2) is 48.5 Å². The SMILES string of the molecule is COc1ccc(NC(=O)[C@H](c2ccccc2)N2CCN(C(=O)[C@H]3CCCO3)CC2)cc1Cl. The Morgan fingerprint density at radius 1 is 1.12 bits per heavy atom. The molecule has 2 saturated heterocycles. The van der Waals surface area contributed by atoms with E-state index in [2.05, 4.69) is 10.2 Å². The van der Waals surface area contributed by atoms with Crippen LogP contribution in [0.4, 0.5) is 5.69 Å². The molecule has 2 heterocycles. The zero-order valence-electron chi connectivity index (χ0n) is 18.1. The molecule has 1 N–H and O–H groups in total. The van der Waals surface area contributed by atoms with Gasteiger partial charge in [0.15, 0.2) is 0 Å². The summed E-state index contributed by atoms with van der Waals surface area (Å²) in [4.78, 5) is 30.0. The molecule has 8 heteroatoms. The largest absolute Gasteiger partial charge is 0.495 e. The van der Waals surface area contributed by atoms with Gasteiger partial charge in [-0.15, -0.1) is 0 Å². The van der Waals surface area contributed by atoms with E-state index in [4.69, 9.17) is 21.1 Å². The minimum Gasteiger partial charge on any atom is -0.495 e. The zero-order valence-corrected chi connectivity index (χ0v) is 18.9. The quantitative estimate of drug-likeness (QED) is 0.720. The minimum absolute atomic E-state index is 0.0655. The average molecular weight is 458 g/mol. The summed E-state index contributed by atoms with van der Waals surface area (Å²) in [6.07, 6.45) is 1.41. The first-order valence-electron chi connectivity index (χ1n) is 10.9. The molecule has 0 spiro atoms. The Kier molecular flexibility index (Phi) is 7.29. The summed E-state index contributed by atoms with van der Waals surface area (Å²) >= 11 is 6.22. The van der Waals surface area contributed by atoms with E-state index in [1.807, 2.05) is 35.2 Å². The van der Waals surface area contributed by atoms with E-state index in [0.29, 0.717) is 49.2 Å². The number of halogens is 1. The van der Waals surface area contributed by atoms with Crippen molar-refractivity contribution in [3.8, 4) is 5.75 Å². The van der Waals surface area contributed by atoms with Crippen LogP contribution >= 0.6 is 11.6 Å². The Labute approximate surface area is 193 Å². The van der Waals surface area contributed by atoms with E-state index in [1.54, 1.807) is 25.3 Å². The van der Waals surface area contributed by atoms with Gasteiger partial charge in [0, 0.05) is 38.5 Å². The summed E-state index contributed by atoms with van der Waals surface area (Å²) < 4.78 is 10.7. The standard InChI is InChI=1S/C24H28ClN3O4/c1-31-20-10-9-18(16-19(20)25)26-23(29)22(17-6-3-2-4-7-17)27-11-13-28(14-12-27)24(30)21-8-5-15-32-21/h2-4,6-7,9-10,16,21-22H,5,8,11-15H2,1H3,(H,26,29)/t21-,22+/m1/s1. The van der Waals surface area contributed by atoms with Gasteiger partial charge in [0.2, 0.25) is 5.91 Å². The molecule has 0 saturated carbocycles. The smallest absolute Gasteiger partial charge is 0.251 e. The molecule has 2 aromatic carbocycles. The first-order chi connectivity index (χ1) is 15.6. The summed E-state index contributed by atoms with van der Waals surface area (Å²) in [7, 11) is 1.55. The number of nitrogens with zero attached hydrogens (tertiary/aromatic N) is 2. The topological polar surface area (TPSA) is 71.1 Å². The molecule has 2 amide bonds. The fourth-order valence-electron chi connectivity index (χ4n) is 4.29. The highest BCUT2D eigenvalue weighted by Gasteiger charge is 2.34. The molecule has 0 radical (unpaired) electrons. The molecule has 32 heavy (non-hydrogen) atoms. The number of piperazine rings is 1. The number of benzene rings is 2. The van der Waals surface area contributed by atoms with Gasteiger partial charge in [-0.2, -0.15) is 0 Å². The Morgan fingerprint density at radius 2 is 1.88 bits per heavy atom. The summed E-state index contributed by atoms with van der Waals surface area (Å²) in [6, 6.07) is 14.4. The molecule has 2 aliphatic rings. The minimum atomic E-state index is -0.475. The molecule has 0 bridgehead atoms. The van der Waals surface area contributed by atoms with Crippen molar-refractivity contribution in [2.24, 2.45) is 0 Å². The zero-order chi connectivity index (χ0) is 22.5. The molecule has 2 aromatic rings. The van der Waals surface area contributed by atoms with Gasteiger partial charge in [-0.3, -0.25) is 14.5 Å². The monoisotopic (exact) mass is 457 g/mol. The summed E-state index contributed by atoms with van der Waals surface area (Å²) in [5, 5.41) is 3.42. The van der Waals surface area contributed by atoms with Crippen molar-refractivity contribution in [2.75, 3.05) is 45.2 Å². The number of methoxy groups -OCH3 is 1. The lowest BCUT2D eigenvalue weighted by molar-refractivity contribution is -0.143. The normalized spacial score (nSPS) is 20.1. The predicted molar refractivity (Wildman–Crippen MR) is 123 cm³/mol. The Bertz CT molecular complexity index is 942. The molecule has 170 valence electrons. The van der Waals surface area contributed by atoms with Crippen LogP contribution in [-0.2, 0) is 14.3 Å². The van der Waals surface area contributed by atoms with Crippen LogP contribution < -0.4 is 10.1 Å². The number of carbonyl (C=O) groups excluding carboxylic acids is 2. The predicted octanol–water partition coefficient (Wildman–Crippen LogP) is 3.35. The maximum atomic E-state index is 13.4. The van der Waals surface area contributed by atoms with Crippen LogP contribution in [0.2, 0.25) is 5.02 Å². The molecule has 0 aliphatic carbocycles. The Balaban J connectivity index is 1.47. The second-order valence-corrected chi connectivity index (χ2v) is 8.42. The third kappa shape index (κ3) is 5.06. The Morgan fingerprint density at radius 3 is 2.50 bits per heavy atom. The second kappa shape index (κ2) is 10.3. The molecule has 2 aliphatic heterocycles. The third-order valence-electron chi connectivity index (χ3n) is 5.98. The van der Waals surface area contributed by atoms with Gasteiger partial charge in [0.25, 0.3) is 5.91 Å². The lowest BCUT2D eigenvalue weighted by atomic mass is 10.0. The van der Waals surface area contributed by atoms with E-state index < -0.39 is 6.04 Å². The number of carbonyl (C=O) groups is 2. The van der Waals surface area contributed by atoms with Crippen molar-refractivity contribution in [3.63, 3.8) is 0 Å². The van der Waals surface area contributed by atoms with E-state index in [0.717, 1.165) is 18.4 Å². The molecular weight excluding hydrogens is 430 g/mol. The number of ether oxygens (including phenoxy) is 2. The highest BCUT2D eigenvalue weighted by molar-refractivity contribution is 6.32. The third-order valence-corrected chi connectivity index (χ3v) is 6.27. The summed E-state index contributed by atoms with van der Waals surface area (Å²) in [5.41, 5.74) is 1.51. The lowest BCUT2D eigenvalue weighted by Crippen LogP contribution is -2.53. The number of amides is 2.